The molecule has 0 aliphatic heterocycles. The molecule has 2 aromatic rings. The number of H-pyrrole nitrogens is 2. The third-order valence-corrected chi connectivity index (χ3v) is 2.50. The van der Waals surface area contributed by atoms with Crippen LogP contribution >= 0.6 is 0 Å². The molecule has 19 heavy (non-hydrogen) atoms. The monoisotopic (exact) mass is 276 g/mol. The molecule has 2 heterocycles. The molecule has 0 aliphatic rings. The Morgan fingerprint density at radius 1 is 1.26 bits per heavy atom. The second-order valence-electron chi connectivity index (χ2n) is 4.08. The van der Waals surface area contributed by atoms with E-state index in [1.807, 2.05) is 4.98 Å². The maximum absolute atomic E-state index is 12.3. The van der Waals surface area contributed by atoms with Crippen molar-refractivity contribution < 1.29 is 13.2 Å². The highest BCUT2D eigenvalue weighted by atomic mass is 19.4. The van der Waals surface area contributed by atoms with Gasteiger partial charge in [0, 0.05) is 6.54 Å². The van der Waals surface area contributed by atoms with Gasteiger partial charge in [0.1, 0.15) is 17.8 Å². The molecule has 0 atom stereocenters. The van der Waals surface area contributed by atoms with E-state index in [9.17, 15) is 22.8 Å². The van der Waals surface area contributed by atoms with Crippen molar-refractivity contribution in [2.45, 2.75) is 32.5 Å². The summed E-state index contributed by atoms with van der Waals surface area (Å²) in [5, 5.41) is 0. The van der Waals surface area contributed by atoms with Crippen molar-refractivity contribution in [3.05, 3.63) is 26.7 Å². The topological polar surface area (TPSA) is 83.5 Å². The molecule has 0 aliphatic carbocycles. The molecule has 0 amide bonds. The number of aryl methyl sites for hydroxylation is 1. The molecule has 2 aromatic heterocycles. The first kappa shape index (κ1) is 13.4. The van der Waals surface area contributed by atoms with Gasteiger partial charge in [-0.25, -0.2) is 9.78 Å². The summed E-state index contributed by atoms with van der Waals surface area (Å²) in [6, 6.07) is 0. The van der Waals surface area contributed by atoms with Gasteiger partial charge in [-0.15, -0.1) is 0 Å². The molecule has 2 rings (SSSR count). The minimum atomic E-state index is -4.43. The van der Waals surface area contributed by atoms with E-state index in [0.29, 0.717) is 6.42 Å². The van der Waals surface area contributed by atoms with Crippen molar-refractivity contribution in [1.29, 1.82) is 0 Å². The number of imidazole rings is 1. The molecular formula is C10H11F3N4O2. The highest BCUT2D eigenvalue weighted by molar-refractivity contribution is 5.69. The minimum Gasteiger partial charge on any atom is -0.336 e. The van der Waals surface area contributed by atoms with Gasteiger partial charge in [0.25, 0.3) is 5.56 Å². The number of rotatable bonds is 3. The number of hydrogen-bond donors (Lipinski definition) is 2. The molecule has 0 saturated heterocycles. The fourth-order valence-corrected chi connectivity index (χ4v) is 1.79. The second-order valence-corrected chi connectivity index (χ2v) is 4.08. The summed E-state index contributed by atoms with van der Waals surface area (Å²) in [6.45, 7) is 2.06. The standard InChI is InChI=1S/C10H11F3N4O2/c1-2-3-17-7-6(8(18)16-9(17)19)14-5(15-7)4-10(11,12)13/h2-4H2,1H3,(H,14,15)(H,16,18,19). The minimum absolute atomic E-state index is 0.0464. The summed E-state index contributed by atoms with van der Waals surface area (Å²) in [6.07, 6.45) is -5.12. The van der Waals surface area contributed by atoms with Crippen molar-refractivity contribution in [3.8, 4) is 0 Å². The van der Waals surface area contributed by atoms with Crippen LogP contribution in [0.5, 0.6) is 0 Å². The lowest BCUT2D eigenvalue weighted by Crippen LogP contribution is -2.30. The Balaban J connectivity index is 2.64. The Kier molecular flexibility index (Phi) is 3.21. The number of nitrogens with zero attached hydrogens (tertiary/aromatic N) is 2. The number of fused-ring (bicyclic) bond motifs is 1. The number of aromatic amines is 2. The normalized spacial score (nSPS) is 12.2. The van der Waals surface area contributed by atoms with Crippen molar-refractivity contribution in [2.75, 3.05) is 0 Å². The molecule has 0 spiro atoms. The van der Waals surface area contributed by atoms with Crippen LogP contribution in [0.2, 0.25) is 0 Å². The van der Waals surface area contributed by atoms with Crippen LogP contribution in [0.15, 0.2) is 9.59 Å². The number of halogens is 3. The van der Waals surface area contributed by atoms with Gasteiger partial charge in [-0.3, -0.25) is 14.3 Å². The first-order valence-corrected chi connectivity index (χ1v) is 5.60. The third kappa shape index (κ3) is 2.69. The van der Waals surface area contributed by atoms with Crippen LogP contribution < -0.4 is 11.2 Å². The first-order valence-electron chi connectivity index (χ1n) is 5.60. The van der Waals surface area contributed by atoms with Crippen molar-refractivity contribution in [3.63, 3.8) is 0 Å². The highest BCUT2D eigenvalue weighted by Crippen LogP contribution is 2.20. The molecule has 0 radical (unpaired) electrons. The molecular weight excluding hydrogens is 265 g/mol. The Morgan fingerprint density at radius 3 is 2.53 bits per heavy atom. The largest absolute Gasteiger partial charge is 0.396 e. The molecule has 0 fully saturated rings. The maximum atomic E-state index is 12.3. The smallest absolute Gasteiger partial charge is 0.336 e. The van der Waals surface area contributed by atoms with Gasteiger partial charge in [0.15, 0.2) is 5.65 Å². The average Bonchev–Trinajstić information content (AvgIpc) is 2.65. The molecule has 0 aromatic carbocycles. The van der Waals surface area contributed by atoms with Crippen LogP contribution in [0, 0.1) is 0 Å². The zero-order chi connectivity index (χ0) is 14.2. The molecule has 0 unspecified atom stereocenters. The van der Waals surface area contributed by atoms with Crippen LogP contribution in [-0.4, -0.2) is 25.7 Å². The fourth-order valence-electron chi connectivity index (χ4n) is 1.79. The molecule has 9 heteroatoms. The van der Waals surface area contributed by atoms with Crippen molar-refractivity contribution >= 4 is 11.2 Å². The van der Waals surface area contributed by atoms with Crippen LogP contribution in [-0.2, 0) is 13.0 Å². The van der Waals surface area contributed by atoms with E-state index in [0.717, 1.165) is 4.57 Å². The third-order valence-electron chi connectivity index (χ3n) is 2.50. The highest BCUT2D eigenvalue weighted by Gasteiger charge is 2.30. The average molecular weight is 276 g/mol. The van der Waals surface area contributed by atoms with E-state index < -0.39 is 23.8 Å². The number of aromatic nitrogens is 4. The van der Waals surface area contributed by atoms with Gasteiger partial charge < -0.3 is 4.98 Å². The van der Waals surface area contributed by atoms with E-state index in [1.54, 1.807) is 6.92 Å². The molecule has 0 bridgehead atoms. The predicted octanol–water partition coefficient (Wildman–Crippen LogP) is 0.928. The first-order chi connectivity index (χ1) is 8.81. The SMILES string of the molecule is CCCn1c(=O)[nH]c(=O)c2[nH]c(CC(F)(F)F)nc21. The summed E-state index contributed by atoms with van der Waals surface area (Å²) in [5.41, 5.74) is -1.61. The van der Waals surface area contributed by atoms with E-state index >= 15 is 0 Å². The lowest BCUT2D eigenvalue weighted by molar-refractivity contribution is -0.128. The lowest BCUT2D eigenvalue weighted by Gasteiger charge is -2.02. The van der Waals surface area contributed by atoms with Gasteiger partial charge in [-0.2, -0.15) is 13.2 Å². The van der Waals surface area contributed by atoms with E-state index in [-0.39, 0.29) is 23.5 Å². The van der Waals surface area contributed by atoms with Crippen LogP contribution in [0.4, 0.5) is 13.2 Å². The quantitative estimate of drug-likeness (QED) is 0.874. The molecule has 2 N–H and O–H groups in total. The van der Waals surface area contributed by atoms with E-state index in [1.165, 1.54) is 0 Å². The fraction of sp³-hybridized carbons (Fsp3) is 0.500. The van der Waals surface area contributed by atoms with Gasteiger partial charge in [0.05, 0.1) is 0 Å². The number of hydrogen-bond acceptors (Lipinski definition) is 3. The summed E-state index contributed by atoms with van der Waals surface area (Å²) in [7, 11) is 0. The Morgan fingerprint density at radius 2 is 1.95 bits per heavy atom. The molecule has 104 valence electrons. The zero-order valence-corrected chi connectivity index (χ0v) is 9.97. The van der Waals surface area contributed by atoms with Gasteiger partial charge in [-0.05, 0) is 6.42 Å². The van der Waals surface area contributed by atoms with Gasteiger partial charge in [-0.1, -0.05) is 6.92 Å². The zero-order valence-electron chi connectivity index (χ0n) is 9.97. The number of nitrogens with one attached hydrogen (secondary N) is 2. The summed E-state index contributed by atoms with van der Waals surface area (Å²) < 4.78 is 38.0. The Hall–Kier alpha value is -2.06. The van der Waals surface area contributed by atoms with E-state index in [4.69, 9.17) is 0 Å². The van der Waals surface area contributed by atoms with E-state index in [2.05, 4.69) is 9.97 Å². The Bertz CT molecular complexity index is 710. The summed E-state index contributed by atoms with van der Waals surface area (Å²) in [5.74, 6) is -0.386. The van der Waals surface area contributed by atoms with Gasteiger partial charge in [0.2, 0.25) is 0 Å². The van der Waals surface area contributed by atoms with Crippen LogP contribution in [0.1, 0.15) is 19.2 Å². The van der Waals surface area contributed by atoms with Crippen molar-refractivity contribution in [1.82, 2.24) is 19.5 Å². The summed E-state index contributed by atoms with van der Waals surface area (Å²) in [4.78, 5) is 31.1. The molecule has 6 nitrogen and oxygen atoms in total. The van der Waals surface area contributed by atoms with Crippen LogP contribution in [0.3, 0.4) is 0 Å². The van der Waals surface area contributed by atoms with Crippen molar-refractivity contribution in [2.24, 2.45) is 0 Å². The Labute approximate surface area is 104 Å². The second kappa shape index (κ2) is 4.56. The van der Waals surface area contributed by atoms with Gasteiger partial charge >= 0.3 is 11.9 Å². The van der Waals surface area contributed by atoms with Crippen LogP contribution in [0.25, 0.3) is 11.2 Å². The number of alkyl halides is 3. The predicted molar refractivity (Wildman–Crippen MR) is 61.0 cm³/mol. The molecule has 0 saturated carbocycles. The lowest BCUT2D eigenvalue weighted by atomic mass is 10.4. The summed E-state index contributed by atoms with van der Waals surface area (Å²) >= 11 is 0. The maximum Gasteiger partial charge on any atom is 0.396 e.